The molecule has 0 saturated heterocycles. The monoisotopic (exact) mass is 1970 g/mol. The number of carbonyl (C=O) groups is 8. The number of hydrogen-bond donors (Lipinski definition) is 14. The molecule has 0 saturated carbocycles. The van der Waals surface area contributed by atoms with Crippen LogP contribution in [0.5, 0.6) is 5.75 Å². The Hall–Kier alpha value is -13.6. The van der Waals surface area contributed by atoms with E-state index in [9.17, 15) is 57.4 Å². The highest BCUT2D eigenvalue weighted by Gasteiger charge is 2.29. The van der Waals surface area contributed by atoms with Crippen LogP contribution in [0.3, 0.4) is 0 Å². The highest BCUT2D eigenvalue weighted by atomic mass is 35.5. The molecule has 34 heteroatoms. The molecule has 0 bridgehead atoms. The fraction of sp³-hybridized carbons (Fsp3) is 0.439. The molecule has 12 rings (SSSR count). The number of phenolic OH excluding ortho intramolecular Hbond substituents is 1. The lowest BCUT2D eigenvalue weighted by Crippen LogP contribution is -2.42. The maximum absolute atomic E-state index is 13.2. The minimum atomic E-state index is -1.05. The third-order valence-corrected chi connectivity index (χ3v) is 24.3. The molecular weight excluding hydrogens is 1830 g/mol. The van der Waals surface area contributed by atoms with Gasteiger partial charge in [-0.1, -0.05) is 211 Å². The zero-order valence-electron chi connectivity index (χ0n) is 83.4. The third kappa shape index (κ3) is 35.9. The van der Waals surface area contributed by atoms with E-state index in [2.05, 4.69) is 211 Å². The first kappa shape index (κ1) is 111. The third-order valence-electron chi connectivity index (χ3n) is 23.9. The van der Waals surface area contributed by atoms with E-state index in [0.717, 1.165) is 89.0 Å². The number of phenols is 1. The molecule has 6 aromatic carbocycles. The molecule has 30 nitrogen and oxygen atoms in total. The predicted octanol–water partition coefficient (Wildman–Crippen LogP) is 17.9. The molecule has 14 N–H and O–H groups in total. The van der Waals surface area contributed by atoms with E-state index in [1.807, 2.05) is 82.3 Å². The number of guanidine groups is 4. The number of anilines is 4. The summed E-state index contributed by atoms with van der Waals surface area (Å²) < 4.78 is 26.4. The first-order chi connectivity index (χ1) is 66.8. The van der Waals surface area contributed by atoms with Crippen molar-refractivity contribution in [3.05, 3.63) is 252 Å². The summed E-state index contributed by atoms with van der Waals surface area (Å²) in [7, 11) is 0. The van der Waals surface area contributed by atoms with Crippen LogP contribution >= 0.6 is 23.2 Å². The summed E-state index contributed by atoms with van der Waals surface area (Å²) in [6.45, 7) is 50.7. The van der Waals surface area contributed by atoms with E-state index in [1.165, 1.54) is 36.8 Å². The number of aliphatic hydroxyl groups is 1. The molecule has 4 aliphatic heterocycles. The van der Waals surface area contributed by atoms with Gasteiger partial charge in [0.25, 0.3) is 23.6 Å². The lowest BCUT2D eigenvalue weighted by molar-refractivity contribution is -0.119. The van der Waals surface area contributed by atoms with Crippen LogP contribution in [-0.2, 0) is 40.8 Å². The minimum Gasteiger partial charge on any atom is -0.508 e. The number of aliphatic imine (C=N–C) groups is 4. The van der Waals surface area contributed by atoms with Crippen molar-refractivity contribution in [2.24, 2.45) is 20.0 Å². The number of hydrogen-bond acceptors (Lipinski definition) is 24. The smallest absolute Gasteiger partial charge is 0.253 e. The molecular formula is C107H134Cl2F2N20O10. The average Bonchev–Trinajstić information content (AvgIpc) is 1.06. The number of benzene rings is 6. The fourth-order valence-corrected chi connectivity index (χ4v) is 16.0. The van der Waals surface area contributed by atoms with Crippen LogP contribution in [0.4, 0.5) is 42.9 Å². The fourth-order valence-electron chi connectivity index (χ4n) is 15.5. The quantitative estimate of drug-likeness (QED) is 0.0174. The molecule has 750 valence electrons. The highest BCUT2D eigenvalue weighted by molar-refractivity contribution is 6.31. The van der Waals surface area contributed by atoms with Crippen LogP contribution in [0.2, 0.25) is 10.0 Å². The van der Waals surface area contributed by atoms with E-state index in [0.29, 0.717) is 105 Å². The molecule has 4 amide bonds. The van der Waals surface area contributed by atoms with E-state index < -0.39 is 36.2 Å². The van der Waals surface area contributed by atoms with Gasteiger partial charge >= 0.3 is 0 Å². The Morgan fingerprint density at radius 2 is 0.745 bits per heavy atom. The number of aliphatic hydroxyl groups excluding tert-OH is 1. The Morgan fingerprint density at radius 3 is 1.10 bits per heavy atom. The zero-order valence-corrected chi connectivity index (χ0v) is 84.9. The lowest BCUT2D eigenvalue weighted by Gasteiger charge is -2.23. The van der Waals surface area contributed by atoms with Gasteiger partial charge in [0.2, 0.25) is 0 Å². The van der Waals surface area contributed by atoms with Gasteiger partial charge in [-0.05, 0) is 160 Å². The van der Waals surface area contributed by atoms with Crippen molar-refractivity contribution in [1.82, 2.24) is 52.5 Å². The molecule has 6 heterocycles. The number of halogens is 4. The van der Waals surface area contributed by atoms with Crippen molar-refractivity contribution in [1.29, 1.82) is 0 Å². The van der Waals surface area contributed by atoms with Crippen molar-refractivity contribution in [3.8, 4) is 5.75 Å². The van der Waals surface area contributed by atoms with E-state index in [-0.39, 0.29) is 151 Å². The normalized spacial score (nSPS) is 15.8. The van der Waals surface area contributed by atoms with Crippen molar-refractivity contribution < 1.29 is 57.4 Å². The summed E-state index contributed by atoms with van der Waals surface area (Å²) in [6, 6.07) is 38.3. The second-order valence-corrected chi connectivity index (χ2v) is 40.4. The number of β-amino-alcohol motifs (C(OH)–C–C–N with tert-alkyl or cyclic N) is 1. The summed E-state index contributed by atoms with van der Waals surface area (Å²) in [5.41, 5.74) is 12.8. The number of aromatic hydroxyl groups is 1. The Bertz CT molecular complexity index is 5990. The number of Topliss-reactive ketones (excluding diaryl/α,β-unsaturated/α-hetero) is 4. The van der Waals surface area contributed by atoms with Crippen LogP contribution in [0, 0.1) is 13.1 Å². The molecule has 2 aromatic heterocycles. The van der Waals surface area contributed by atoms with Crippen LogP contribution < -0.4 is 63.8 Å². The van der Waals surface area contributed by atoms with Crippen LogP contribution in [0.1, 0.15) is 272 Å². The maximum Gasteiger partial charge on any atom is 0.253 e. The first-order valence-electron chi connectivity index (χ1n) is 47.7. The summed E-state index contributed by atoms with van der Waals surface area (Å²) in [5, 5.41) is 55.5. The maximum atomic E-state index is 13.2. The van der Waals surface area contributed by atoms with Crippen molar-refractivity contribution in [3.63, 3.8) is 0 Å². The minimum absolute atomic E-state index is 0.000540. The molecule has 8 aromatic rings. The summed E-state index contributed by atoms with van der Waals surface area (Å²) in [4.78, 5) is 134. The molecule has 141 heavy (non-hydrogen) atoms. The molecule has 0 radical (unpaired) electrons. The standard InChI is InChI=1S/C27H34ClFN4O3.C27H34N6O3.C27H33N5O2.C26H33ClFN5O2/c1-5-16(17-6-19(27(2,3)4)11-20(28)7-17)9-24(35)15-30-25(36)18-8-22(12-23(34)10-18)33-26-31-13-21(29)14-32-26;1-6-17(18-7-20(27(2,3)4)11-21(8-18)28-5)10-23(34)14-30-25(36)19-9-22(13-29-12-19)33-26-31-15-24(35)16-32-26;1-6-18(20-12-21(27(2,3)4)16-23(14-20)28-5)15-24(33)17-31-25(34)19-8-7-9-22(13-19)32-26-29-10-11-30-26;1-5-16(17-6-19(26(2,3)4)10-20(27)7-17)9-23(34)15-30-24(35)18-8-22(14-29-11-18)33-25-31-12-21(28)13-32-25/h6-8,10-12,16,21,34H,5,9,13-15H2,1-4H3,(H,30,36)(H2,31,32,33);7-9,11-13,17,24,35H,6,10,14-16H2,1-4H3,(H,30,36)(H2,31,32,33);7-9,12-14,16,18H,6,10-11,15,17H2,1-4H3,(H,31,34)(H2,29,30,32);6-8,10-11,14,16,21H,5,9,12-13,15H2,1-4H3,(H,30,35)(H2,31,32,33)/t16-;17-;18-;16-/m1111/s1. The number of aromatic nitrogens is 2. The van der Waals surface area contributed by atoms with Gasteiger partial charge in [0.1, 0.15) is 18.1 Å². The molecule has 0 spiro atoms. The second-order valence-electron chi connectivity index (χ2n) is 39.5. The van der Waals surface area contributed by atoms with Crippen LogP contribution in [-0.4, -0.2) is 188 Å². The van der Waals surface area contributed by atoms with Gasteiger partial charge in [0, 0.05) is 89.8 Å². The Balaban J connectivity index is 0.000000210. The number of alkyl halides is 2. The lowest BCUT2D eigenvalue weighted by atomic mass is 9.82. The molecule has 3 unspecified atom stereocenters. The summed E-state index contributed by atoms with van der Waals surface area (Å²) in [5.74, 6) is -0.0585. The van der Waals surface area contributed by atoms with Gasteiger partial charge < -0.3 is 74.0 Å². The number of nitrogens with zero attached hydrogens (tertiary/aromatic N) is 8. The highest BCUT2D eigenvalue weighted by Crippen LogP contribution is 2.39. The van der Waals surface area contributed by atoms with Gasteiger partial charge in [0.05, 0.1) is 120 Å². The van der Waals surface area contributed by atoms with Crippen molar-refractivity contribution in [2.45, 2.75) is 226 Å². The zero-order chi connectivity index (χ0) is 103. The Morgan fingerprint density at radius 1 is 0.404 bits per heavy atom. The SMILES string of the molecule is CC[C@H](CC(=O)CNC(=O)c1cc(O)cc(NC2=NCC(F)CN2)c1)c1cc(Cl)cc(C(C)(C)C)c1.CC[C@H](CC(=O)CNC(=O)c1cncc(NC2=NCC(F)CN2)c1)c1cc(Cl)cc(C(C)(C)C)c1.[C-]#[N+]c1cc([C@H](CC)CC(=O)CNC(=O)c2cccc(NC3=NCCN3)c2)cc(C(C)(C)C)c1.[C-]#[N+]c1cc([C@H](CC)CC(=O)CNC(=O)c2cncc(NC3=NCC(O)CN3)c2)cc(C(C)(C)C)c1. The number of carbonyl (C=O) groups excluding carboxylic acids is 8. The van der Waals surface area contributed by atoms with Crippen molar-refractivity contribution >= 4 is 128 Å². The van der Waals surface area contributed by atoms with Gasteiger partial charge in [-0.15, -0.1) is 0 Å². The average molecular weight is 1970 g/mol. The Kier molecular flexibility index (Phi) is 41.0. The van der Waals surface area contributed by atoms with Crippen LogP contribution in [0.15, 0.2) is 172 Å². The molecule has 0 aliphatic carbocycles. The summed E-state index contributed by atoms with van der Waals surface area (Å²) >= 11 is 12.7. The van der Waals surface area contributed by atoms with E-state index >= 15 is 0 Å². The van der Waals surface area contributed by atoms with Gasteiger partial charge in [-0.25, -0.2) is 28.5 Å². The number of ketones is 4. The first-order valence-corrected chi connectivity index (χ1v) is 48.4. The number of rotatable bonds is 32. The number of amides is 4. The van der Waals surface area contributed by atoms with Gasteiger partial charge in [-0.3, -0.25) is 58.3 Å². The number of nitrogens with one attached hydrogen (secondary N) is 12. The molecule has 7 atom stereocenters. The largest absolute Gasteiger partial charge is 0.508 e. The summed E-state index contributed by atoms with van der Waals surface area (Å²) in [6.07, 6.45) is 7.60. The van der Waals surface area contributed by atoms with Gasteiger partial charge in [0.15, 0.2) is 58.3 Å². The second kappa shape index (κ2) is 52.1. The van der Waals surface area contributed by atoms with Crippen molar-refractivity contribution in [2.75, 3.05) is 99.8 Å². The van der Waals surface area contributed by atoms with E-state index in [1.54, 1.807) is 36.5 Å². The van der Waals surface area contributed by atoms with Gasteiger partial charge in [-0.2, -0.15) is 0 Å². The molecule has 4 aliphatic rings. The number of pyridine rings is 2. The predicted molar refractivity (Wildman–Crippen MR) is 558 cm³/mol. The molecule has 0 fully saturated rings. The topological polar surface area (TPSA) is 405 Å². The van der Waals surface area contributed by atoms with Crippen LogP contribution in [0.25, 0.3) is 9.69 Å². The van der Waals surface area contributed by atoms with E-state index in [4.69, 9.17) is 36.3 Å². The Labute approximate surface area is 836 Å².